The number of hydrogen-bond donors (Lipinski definition) is 2. The third-order valence-electron chi connectivity index (χ3n) is 3.96. The number of aliphatic carboxylic acids is 1. The van der Waals surface area contributed by atoms with E-state index in [0.717, 1.165) is 32.1 Å². The predicted molar refractivity (Wildman–Crippen MR) is 76.5 cm³/mol. The first-order chi connectivity index (χ1) is 9.29. The zero-order valence-electron chi connectivity index (χ0n) is 12.8. The summed E-state index contributed by atoms with van der Waals surface area (Å²) in [5.74, 6) is -0.883. The number of carbonyl (C=O) groups is 2. The molecule has 116 valence electrons. The highest BCUT2D eigenvalue weighted by molar-refractivity contribution is 5.78. The summed E-state index contributed by atoms with van der Waals surface area (Å²) in [5, 5.41) is 12.1. The number of methoxy groups -OCH3 is 1. The number of carbonyl (C=O) groups excluding carboxylic acids is 1. The van der Waals surface area contributed by atoms with Crippen LogP contribution >= 0.6 is 0 Å². The zero-order valence-corrected chi connectivity index (χ0v) is 12.8. The second kappa shape index (κ2) is 7.07. The maximum absolute atomic E-state index is 12.2. The lowest BCUT2D eigenvalue weighted by molar-refractivity contribution is -0.141. The van der Waals surface area contributed by atoms with E-state index in [-0.39, 0.29) is 17.7 Å². The number of ether oxygens (including phenoxy) is 1. The van der Waals surface area contributed by atoms with Crippen molar-refractivity contribution >= 4 is 11.9 Å². The number of amides is 1. The number of nitrogens with one attached hydrogen (secondary N) is 1. The first-order valence-electron chi connectivity index (χ1n) is 7.30. The van der Waals surface area contributed by atoms with Crippen molar-refractivity contribution in [3.63, 3.8) is 0 Å². The van der Waals surface area contributed by atoms with Gasteiger partial charge in [-0.1, -0.05) is 19.3 Å². The molecule has 0 aromatic rings. The molecule has 20 heavy (non-hydrogen) atoms. The molecular weight excluding hydrogens is 258 g/mol. The Morgan fingerprint density at radius 3 is 2.30 bits per heavy atom. The molecule has 1 saturated carbocycles. The topological polar surface area (TPSA) is 75.6 Å². The molecule has 5 heteroatoms. The van der Waals surface area contributed by atoms with Crippen LogP contribution in [-0.4, -0.2) is 36.2 Å². The van der Waals surface area contributed by atoms with Gasteiger partial charge in [0.1, 0.15) is 0 Å². The zero-order chi connectivity index (χ0) is 15.2. The molecule has 2 N–H and O–H groups in total. The van der Waals surface area contributed by atoms with Crippen LogP contribution < -0.4 is 5.32 Å². The van der Waals surface area contributed by atoms with Crippen LogP contribution in [0.2, 0.25) is 0 Å². The van der Waals surface area contributed by atoms with Gasteiger partial charge in [0.25, 0.3) is 0 Å². The molecule has 0 unspecified atom stereocenters. The highest BCUT2D eigenvalue weighted by Crippen LogP contribution is 2.42. The molecule has 5 nitrogen and oxygen atoms in total. The van der Waals surface area contributed by atoms with Gasteiger partial charge in [-0.3, -0.25) is 9.59 Å². The molecule has 0 radical (unpaired) electrons. The maximum atomic E-state index is 12.2. The fourth-order valence-electron chi connectivity index (χ4n) is 3.20. The van der Waals surface area contributed by atoms with Gasteiger partial charge < -0.3 is 15.2 Å². The Kier molecular flexibility index (Phi) is 5.99. The number of hydrogen-bond acceptors (Lipinski definition) is 3. The summed E-state index contributed by atoms with van der Waals surface area (Å²) in [5.41, 5.74) is -0.789. The summed E-state index contributed by atoms with van der Waals surface area (Å²) >= 11 is 0. The quantitative estimate of drug-likeness (QED) is 0.753. The van der Waals surface area contributed by atoms with Gasteiger partial charge in [0.2, 0.25) is 5.91 Å². The molecule has 0 atom stereocenters. The van der Waals surface area contributed by atoms with Crippen LogP contribution in [0.25, 0.3) is 0 Å². The van der Waals surface area contributed by atoms with E-state index >= 15 is 0 Å². The second-order valence-electron chi connectivity index (χ2n) is 6.67. The Morgan fingerprint density at radius 2 is 1.80 bits per heavy atom. The summed E-state index contributed by atoms with van der Waals surface area (Å²) in [4.78, 5) is 23.3. The maximum Gasteiger partial charge on any atom is 0.303 e. The molecule has 1 aliphatic rings. The van der Waals surface area contributed by atoms with Gasteiger partial charge in [-0.15, -0.1) is 0 Å². The van der Waals surface area contributed by atoms with Gasteiger partial charge in [-0.2, -0.15) is 0 Å². The van der Waals surface area contributed by atoms with Crippen LogP contribution in [0.4, 0.5) is 0 Å². The van der Waals surface area contributed by atoms with Crippen LogP contribution in [0.5, 0.6) is 0 Å². The third kappa shape index (κ3) is 5.49. The van der Waals surface area contributed by atoms with Crippen molar-refractivity contribution in [2.45, 2.75) is 64.3 Å². The Balaban J connectivity index is 2.65. The Morgan fingerprint density at radius 1 is 1.20 bits per heavy atom. The molecular formula is C15H27NO4. The lowest BCUT2D eigenvalue weighted by Gasteiger charge is -2.36. The van der Waals surface area contributed by atoms with Gasteiger partial charge >= 0.3 is 5.97 Å². The fourth-order valence-corrected chi connectivity index (χ4v) is 3.20. The van der Waals surface area contributed by atoms with Crippen molar-refractivity contribution < 1.29 is 19.4 Å². The molecule has 0 saturated heterocycles. The minimum atomic E-state index is -0.809. The van der Waals surface area contributed by atoms with E-state index in [4.69, 9.17) is 9.84 Å². The highest BCUT2D eigenvalue weighted by atomic mass is 16.5. The van der Waals surface area contributed by atoms with E-state index in [1.165, 1.54) is 0 Å². The first-order valence-corrected chi connectivity index (χ1v) is 7.30. The lowest BCUT2D eigenvalue weighted by Crippen LogP contribution is -2.48. The van der Waals surface area contributed by atoms with E-state index in [1.54, 1.807) is 7.11 Å². The minimum absolute atomic E-state index is 0.0739. The number of carboxylic acid groups (broad SMARTS) is 1. The van der Waals surface area contributed by atoms with Gasteiger partial charge in [0, 0.05) is 13.5 Å². The lowest BCUT2D eigenvalue weighted by atomic mass is 9.69. The van der Waals surface area contributed by atoms with Crippen LogP contribution in [0, 0.1) is 5.41 Å². The molecule has 0 spiro atoms. The number of rotatable bonds is 7. The molecule has 0 heterocycles. The van der Waals surface area contributed by atoms with Crippen molar-refractivity contribution in [2.75, 3.05) is 13.7 Å². The van der Waals surface area contributed by atoms with Gasteiger partial charge in [-0.25, -0.2) is 0 Å². The largest absolute Gasteiger partial charge is 0.481 e. The SMILES string of the molecule is COCC(C)(C)NC(=O)CC1(CC(=O)O)CCCCC1. The first kappa shape index (κ1) is 17.0. The molecule has 0 aliphatic heterocycles. The Labute approximate surface area is 121 Å². The summed E-state index contributed by atoms with van der Waals surface area (Å²) in [6, 6.07) is 0. The predicted octanol–water partition coefficient (Wildman–Crippen LogP) is 2.34. The average molecular weight is 285 g/mol. The molecule has 0 aromatic heterocycles. The summed E-state index contributed by atoms with van der Waals surface area (Å²) in [6.45, 7) is 4.24. The fraction of sp³-hybridized carbons (Fsp3) is 0.867. The van der Waals surface area contributed by atoms with E-state index < -0.39 is 11.5 Å². The monoisotopic (exact) mass is 285 g/mol. The summed E-state index contributed by atoms with van der Waals surface area (Å²) < 4.78 is 5.08. The van der Waals surface area contributed by atoms with E-state index in [0.29, 0.717) is 13.0 Å². The molecule has 1 fully saturated rings. The van der Waals surface area contributed by atoms with Crippen LogP contribution in [0.1, 0.15) is 58.8 Å². The van der Waals surface area contributed by atoms with Gasteiger partial charge in [0.15, 0.2) is 0 Å². The van der Waals surface area contributed by atoms with Crippen molar-refractivity contribution in [3.8, 4) is 0 Å². The second-order valence-corrected chi connectivity index (χ2v) is 6.67. The van der Waals surface area contributed by atoms with E-state index in [2.05, 4.69) is 5.32 Å². The van der Waals surface area contributed by atoms with Crippen LogP contribution in [-0.2, 0) is 14.3 Å². The van der Waals surface area contributed by atoms with E-state index in [9.17, 15) is 9.59 Å². The van der Waals surface area contributed by atoms with Crippen molar-refractivity contribution in [2.24, 2.45) is 5.41 Å². The summed E-state index contributed by atoms with van der Waals surface area (Å²) in [7, 11) is 1.60. The minimum Gasteiger partial charge on any atom is -0.481 e. The Hall–Kier alpha value is -1.10. The summed E-state index contributed by atoms with van der Waals surface area (Å²) in [6.07, 6.45) is 5.22. The van der Waals surface area contributed by atoms with Crippen molar-refractivity contribution in [1.29, 1.82) is 0 Å². The van der Waals surface area contributed by atoms with Crippen LogP contribution in [0.3, 0.4) is 0 Å². The normalized spacial score (nSPS) is 18.6. The van der Waals surface area contributed by atoms with Crippen molar-refractivity contribution in [1.82, 2.24) is 5.32 Å². The molecule has 1 amide bonds. The van der Waals surface area contributed by atoms with Crippen LogP contribution in [0.15, 0.2) is 0 Å². The van der Waals surface area contributed by atoms with Crippen molar-refractivity contribution in [3.05, 3.63) is 0 Å². The van der Waals surface area contributed by atoms with Gasteiger partial charge in [0.05, 0.1) is 18.6 Å². The van der Waals surface area contributed by atoms with E-state index in [1.807, 2.05) is 13.8 Å². The Bertz CT molecular complexity index is 346. The van der Waals surface area contributed by atoms with Gasteiger partial charge in [-0.05, 0) is 32.1 Å². The average Bonchev–Trinajstić information content (AvgIpc) is 2.26. The number of carboxylic acids is 1. The molecule has 1 rings (SSSR count). The smallest absolute Gasteiger partial charge is 0.303 e. The third-order valence-corrected chi connectivity index (χ3v) is 3.96. The highest BCUT2D eigenvalue weighted by Gasteiger charge is 2.37. The molecule has 0 aromatic carbocycles. The molecule has 0 bridgehead atoms. The molecule has 1 aliphatic carbocycles. The standard InChI is InChI=1S/C15H27NO4/c1-14(2,11-20-3)16-12(17)9-15(10-13(18)19)7-5-4-6-8-15/h4-11H2,1-3H3,(H,16,17)(H,18,19).